The monoisotopic (exact) mass is 239 g/mol. The molecule has 1 amide bonds. The molecule has 0 heterocycles. The van der Waals surface area contributed by atoms with Crippen LogP contribution in [0.4, 0.5) is 0 Å². The Balaban J connectivity index is 2.52. The Morgan fingerprint density at radius 2 is 2.31 bits per heavy atom. The molecule has 0 saturated carbocycles. The van der Waals surface area contributed by atoms with Gasteiger partial charge in [0.2, 0.25) is 0 Å². The molecule has 1 atom stereocenters. The van der Waals surface area contributed by atoms with Gasteiger partial charge in [-0.05, 0) is 30.9 Å². The lowest BCUT2D eigenvalue weighted by atomic mass is 10.2. The summed E-state index contributed by atoms with van der Waals surface area (Å²) < 4.78 is 0. The van der Waals surface area contributed by atoms with E-state index in [1.54, 1.807) is 30.0 Å². The summed E-state index contributed by atoms with van der Waals surface area (Å²) in [5.74, 6) is 1.93. The number of hydrogen-bond donors (Lipinski definition) is 2. The Kier molecular flexibility index (Phi) is 5.19. The Labute approximate surface area is 100 Å². The molecule has 0 saturated heterocycles. The zero-order valence-electron chi connectivity index (χ0n) is 9.56. The van der Waals surface area contributed by atoms with Gasteiger partial charge in [0.1, 0.15) is 5.75 Å². The van der Waals surface area contributed by atoms with Gasteiger partial charge in [-0.3, -0.25) is 4.79 Å². The SMILES string of the molecule is CCSCC(C)NC(=O)c1cccc(O)c1. The van der Waals surface area contributed by atoms with Gasteiger partial charge in [-0.2, -0.15) is 11.8 Å². The first-order valence-electron chi connectivity index (χ1n) is 5.31. The van der Waals surface area contributed by atoms with Crippen LogP contribution in [0.15, 0.2) is 24.3 Å². The van der Waals surface area contributed by atoms with Crippen molar-refractivity contribution < 1.29 is 9.90 Å². The fourth-order valence-electron chi connectivity index (χ4n) is 1.29. The number of benzene rings is 1. The van der Waals surface area contributed by atoms with E-state index in [2.05, 4.69) is 12.2 Å². The van der Waals surface area contributed by atoms with E-state index in [0.29, 0.717) is 5.56 Å². The first kappa shape index (κ1) is 12.9. The molecule has 0 aliphatic carbocycles. The van der Waals surface area contributed by atoms with Crippen molar-refractivity contribution in [3.05, 3.63) is 29.8 Å². The van der Waals surface area contributed by atoms with Crippen molar-refractivity contribution in [1.82, 2.24) is 5.32 Å². The normalized spacial score (nSPS) is 12.1. The first-order valence-corrected chi connectivity index (χ1v) is 6.46. The number of phenols is 1. The Hall–Kier alpha value is -1.16. The van der Waals surface area contributed by atoms with Gasteiger partial charge in [-0.25, -0.2) is 0 Å². The van der Waals surface area contributed by atoms with Crippen molar-refractivity contribution >= 4 is 17.7 Å². The van der Waals surface area contributed by atoms with Gasteiger partial charge in [0.05, 0.1) is 0 Å². The summed E-state index contributed by atoms with van der Waals surface area (Å²) in [6, 6.07) is 6.51. The molecule has 88 valence electrons. The molecule has 0 radical (unpaired) electrons. The van der Waals surface area contributed by atoms with Crippen LogP contribution in [0.1, 0.15) is 24.2 Å². The standard InChI is InChI=1S/C12H17NO2S/c1-3-16-8-9(2)13-12(15)10-5-4-6-11(14)7-10/h4-7,9,14H,3,8H2,1-2H3,(H,13,15). The molecule has 1 rings (SSSR count). The smallest absolute Gasteiger partial charge is 0.251 e. The number of rotatable bonds is 5. The highest BCUT2D eigenvalue weighted by atomic mass is 32.2. The summed E-state index contributed by atoms with van der Waals surface area (Å²) in [6.07, 6.45) is 0. The second-order valence-corrected chi connectivity index (χ2v) is 4.90. The number of thioether (sulfide) groups is 1. The van der Waals surface area contributed by atoms with Crippen molar-refractivity contribution in [3.8, 4) is 5.75 Å². The second kappa shape index (κ2) is 6.43. The molecule has 0 spiro atoms. The summed E-state index contributed by atoms with van der Waals surface area (Å²) >= 11 is 1.79. The van der Waals surface area contributed by atoms with Gasteiger partial charge >= 0.3 is 0 Å². The van der Waals surface area contributed by atoms with Crippen LogP contribution in [-0.4, -0.2) is 28.6 Å². The number of carbonyl (C=O) groups is 1. The highest BCUT2D eigenvalue weighted by molar-refractivity contribution is 7.99. The van der Waals surface area contributed by atoms with E-state index in [4.69, 9.17) is 0 Å². The molecule has 0 aliphatic heterocycles. The summed E-state index contributed by atoms with van der Waals surface area (Å²) in [7, 11) is 0. The molecule has 1 aromatic carbocycles. The van der Waals surface area contributed by atoms with Crippen LogP contribution in [0.3, 0.4) is 0 Å². The number of phenolic OH excluding ortho intramolecular Hbond substituents is 1. The van der Waals surface area contributed by atoms with Crippen LogP contribution in [0.2, 0.25) is 0 Å². The van der Waals surface area contributed by atoms with Crippen LogP contribution in [0.25, 0.3) is 0 Å². The zero-order valence-corrected chi connectivity index (χ0v) is 10.4. The van der Waals surface area contributed by atoms with E-state index in [9.17, 15) is 9.90 Å². The van der Waals surface area contributed by atoms with Crippen molar-refractivity contribution in [3.63, 3.8) is 0 Å². The maximum absolute atomic E-state index is 11.7. The number of nitrogens with one attached hydrogen (secondary N) is 1. The van der Waals surface area contributed by atoms with Crippen LogP contribution in [0.5, 0.6) is 5.75 Å². The molecule has 4 heteroatoms. The van der Waals surface area contributed by atoms with Gasteiger partial charge in [-0.1, -0.05) is 13.0 Å². The molecule has 1 unspecified atom stereocenters. The highest BCUT2D eigenvalue weighted by Gasteiger charge is 2.09. The minimum Gasteiger partial charge on any atom is -0.508 e. The van der Waals surface area contributed by atoms with E-state index >= 15 is 0 Å². The third-order valence-corrected chi connectivity index (χ3v) is 3.20. The van der Waals surface area contributed by atoms with Crippen LogP contribution >= 0.6 is 11.8 Å². The van der Waals surface area contributed by atoms with Gasteiger partial charge in [-0.15, -0.1) is 0 Å². The molecule has 0 fully saturated rings. The lowest BCUT2D eigenvalue weighted by Gasteiger charge is -2.13. The van der Waals surface area contributed by atoms with E-state index < -0.39 is 0 Å². The fraction of sp³-hybridized carbons (Fsp3) is 0.417. The van der Waals surface area contributed by atoms with Gasteiger partial charge in [0.25, 0.3) is 5.91 Å². The summed E-state index contributed by atoms with van der Waals surface area (Å²) in [6.45, 7) is 4.07. The van der Waals surface area contributed by atoms with Gasteiger partial charge in [0.15, 0.2) is 0 Å². The lowest BCUT2D eigenvalue weighted by molar-refractivity contribution is 0.0943. The fourth-order valence-corrected chi connectivity index (χ4v) is 1.96. The first-order chi connectivity index (χ1) is 7.63. The van der Waals surface area contributed by atoms with E-state index in [1.165, 1.54) is 6.07 Å². The van der Waals surface area contributed by atoms with E-state index in [-0.39, 0.29) is 17.7 Å². The number of hydrogen-bond acceptors (Lipinski definition) is 3. The van der Waals surface area contributed by atoms with E-state index in [1.807, 2.05) is 6.92 Å². The van der Waals surface area contributed by atoms with Crippen molar-refractivity contribution in [1.29, 1.82) is 0 Å². The van der Waals surface area contributed by atoms with Gasteiger partial charge < -0.3 is 10.4 Å². The average molecular weight is 239 g/mol. The molecule has 0 aromatic heterocycles. The predicted molar refractivity (Wildman–Crippen MR) is 68.0 cm³/mol. The molecule has 2 N–H and O–H groups in total. The molecular weight excluding hydrogens is 222 g/mol. The summed E-state index contributed by atoms with van der Waals surface area (Å²) in [5.41, 5.74) is 0.494. The zero-order chi connectivity index (χ0) is 12.0. The molecule has 3 nitrogen and oxygen atoms in total. The van der Waals surface area contributed by atoms with Crippen LogP contribution in [-0.2, 0) is 0 Å². The quantitative estimate of drug-likeness (QED) is 0.828. The second-order valence-electron chi connectivity index (χ2n) is 3.58. The molecular formula is C12H17NO2S. The number of amides is 1. The summed E-state index contributed by atoms with van der Waals surface area (Å²) in [4.78, 5) is 11.7. The Bertz CT molecular complexity index is 355. The summed E-state index contributed by atoms with van der Waals surface area (Å²) in [5, 5.41) is 12.1. The minimum absolute atomic E-state index is 0.114. The minimum atomic E-state index is -0.139. The van der Waals surface area contributed by atoms with Crippen LogP contribution in [0, 0.1) is 0 Å². The maximum Gasteiger partial charge on any atom is 0.251 e. The lowest BCUT2D eigenvalue weighted by Crippen LogP contribution is -2.34. The van der Waals surface area contributed by atoms with Crippen molar-refractivity contribution in [2.75, 3.05) is 11.5 Å². The van der Waals surface area contributed by atoms with Crippen LogP contribution < -0.4 is 5.32 Å². The third kappa shape index (κ3) is 4.14. The molecule has 1 aromatic rings. The Morgan fingerprint density at radius 3 is 2.94 bits per heavy atom. The topological polar surface area (TPSA) is 49.3 Å². The average Bonchev–Trinajstić information content (AvgIpc) is 2.26. The van der Waals surface area contributed by atoms with Crippen molar-refractivity contribution in [2.45, 2.75) is 19.9 Å². The molecule has 0 bridgehead atoms. The van der Waals surface area contributed by atoms with Gasteiger partial charge in [0, 0.05) is 17.4 Å². The number of carbonyl (C=O) groups excluding carboxylic acids is 1. The predicted octanol–water partition coefficient (Wildman–Crippen LogP) is 2.26. The largest absolute Gasteiger partial charge is 0.508 e. The Morgan fingerprint density at radius 1 is 1.56 bits per heavy atom. The molecule has 0 aliphatic rings. The van der Waals surface area contributed by atoms with E-state index in [0.717, 1.165) is 11.5 Å². The third-order valence-electron chi connectivity index (χ3n) is 2.06. The number of aromatic hydroxyl groups is 1. The molecule has 16 heavy (non-hydrogen) atoms. The maximum atomic E-state index is 11.7. The van der Waals surface area contributed by atoms with Crippen molar-refractivity contribution in [2.24, 2.45) is 0 Å². The highest BCUT2D eigenvalue weighted by Crippen LogP contribution is 2.11.